The molecular formula is C15H21N3OS. The summed E-state index contributed by atoms with van der Waals surface area (Å²) < 4.78 is 6.75. The molecule has 1 aromatic carbocycles. The van der Waals surface area contributed by atoms with E-state index in [9.17, 15) is 0 Å². The third-order valence-corrected chi connectivity index (χ3v) is 4.96. The van der Waals surface area contributed by atoms with Crippen molar-refractivity contribution in [3.05, 3.63) is 18.2 Å². The van der Waals surface area contributed by atoms with Crippen molar-refractivity contribution in [1.82, 2.24) is 4.98 Å². The summed E-state index contributed by atoms with van der Waals surface area (Å²) >= 11 is 1.76. The Morgan fingerprint density at radius 1 is 1.40 bits per heavy atom. The van der Waals surface area contributed by atoms with Gasteiger partial charge >= 0.3 is 0 Å². The van der Waals surface area contributed by atoms with E-state index in [1.54, 1.807) is 11.3 Å². The number of ether oxygens (including phenoxy) is 1. The average Bonchev–Trinajstić information content (AvgIpc) is 2.91. The van der Waals surface area contributed by atoms with Gasteiger partial charge < -0.3 is 15.4 Å². The van der Waals surface area contributed by atoms with Crippen molar-refractivity contribution >= 4 is 26.7 Å². The molecule has 5 heteroatoms. The van der Waals surface area contributed by atoms with E-state index < -0.39 is 0 Å². The molecule has 2 aromatic rings. The molecule has 0 bridgehead atoms. The van der Waals surface area contributed by atoms with E-state index in [2.05, 4.69) is 11.0 Å². The van der Waals surface area contributed by atoms with Crippen molar-refractivity contribution in [2.24, 2.45) is 11.7 Å². The Kier molecular flexibility index (Phi) is 4.08. The number of anilines is 1. The molecule has 3 rings (SSSR count). The number of hydrogen-bond donors (Lipinski definition) is 1. The number of aromatic nitrogens is 1. The van der Waals surface area contributed by atoms with E-state index in [-0.39, 0.29) is 0 Å². The topological polar surface area (TPSA) is 51.4 Å². The number of nitrogens with zero attached hydrogens (tertiary/aromatic N) is 2. The standard InChI is InChI=1S/C15H21N3OS/c1-2-19-12-3-4-13-14(9-12)20-15(17-13)18-7-5-11(10-16)6-8-18/h3-4,9,11H,2,5-8,10,16H2,1H3. The summed E-state index contributed by atoms with van der Waals surface area (Å²) in [6, 6.07) is 6.13. The Hall–Kier alpha value is -1.33. The molecule has 108 valence electrons. The van der Waals surface area contributed by atoms with Crippen LogP contribution in [-0.2, 0) is 0 Å². The van der Waals surface area contributed by atoms with Gasteiger partial charge in [-0.2, -0.15) is 0 Å². The van der Waals surface area contributed by atoms with Crippen molar-refractivity contribution in [1.29, 1.82) is 0 Å². The second-order valence-corrected chi connectivity index (χ2v) is 6.23. The van der Waals surface area contributed by atoms with Crippen molar-refractivity contribution < 1.29 is 4.74 Å². The molecule has 4 nitrogen and oxygen atoms in total. The summed E-state index contributed by atoms with van der Waals surface area (Å²) in [4.78, 5) is 7.13. The van der Waals surface area contributed by atoms with Gasteiger partial charge in [-0.1, -0.05) is 11.3 Å². The van der Waals surface area contributed by atoms with Crippen LogP contribution in [0.5, 0.6) is 5.75 Å². The maximum absolute atomic E-state index is 5.75. The van der Waals surface area contributed by atoms with Gasteiger partial charge in [-0.05, 0) is 50.4 Å². The zero-order valence-corrected chi connectivity index (χ0v) is 12.7. The van der Waals surface area contributed by atoms with E-state index >= 15 is 0 Å². The number of thiazole rings is 1. The maximum Gasteiger partial charge on any atom is 0.186 e. The highest BCUT2D eigenvalue weighted by atomic mass is 32.1. The van der Waals surface area contributed by atoms with Crippen molar-refractivity contribution in [2.45, 2.75) is 19.8 Å². The van der Waals surface area contributed by atoms with Crippen LogP contribution in [0.25, 0.3) is 10.2 Å². The van der Waals surface area contributed by atoms with Gasteiger partial charge in [0, 0.05) is 13.1 Å². The predicted molar refractivity (Wildman–Crippen MR) is 84.8 cm³/mol. The highest BCUT2D eigenvalue weighted by Crippen LogP contribution is 2.33. The number of hydrogen-bond acceptors (Lipinski definition) is 5. The zero-order valence-electron chi connectivity index (χ0n) is 11.8. The lowest BCUT2D eigenvalue weighted by Gasteiger charge is -2.30. The quantitative estimate of drug-likeness (QED) is 0.941. The summed E-state index contributed by atoms with van der Waals surface area (Å²) in [6.45, 7) is 5.65. The van der Waals surface area contributed by atoms with Gasteiger partial charge in [-0.25, -0.2) is 4.98 Å². The van der Waals surface area contributed by atoms with Crippen LogP contribution in [-0.4, -0.2) is 31.2 Å². The van der Waals surface area contributed by atoms with Crippen LogP contribution in [0.15, 0.2) is 18.2 Å². The summed E-state index contributed by atoms with van der Waals surface area (Å²) in [5, 5.41) is 1.13. The fraction of sp³-hybridized carbons (Fsp3) is 0.533. The zero-order chi connectivity index (χ0) is 13.9. The van der Waals surface area contributed by atoms with E-state index in [0.717, 1.165) is 36.0 Å². The normalized spacial score (nSPS) is 16.8. The van der Waals surface area contributed by atoms with Crippen LogP contribution < -0.4 is 15.4 Å². The molecule has 0 amide bonds. The highest BCUT2D eigenvalue weighted by molar-refractivity contribution is 7.22. The van der Waals surface area contributed by atoms with Gasteiger partial charge in [0.2, 0.25) is 0 Å². The summed E-state index contributed by atoms with van der Waals surface area (Å²) in [7, 11) is 0. The van der Waals surface area contributed by atoms with Gasteiger partial charge in [0.25, 0.3) is 0 Å². The number of benzene rings is 1. The summed E-state index contributed by atoms with van der Waals surface area (Å²) in [5.41, 5.74) is 6.81. The first-order valence-electron chi connectivity index (χ1n) is 7.28. The van der Waals surface area contributed by atoms with Gasteiger partial charge in [-0.15, -0.1) is 0 Å². The van der Waals surface area contributed by atoms with Gasteiger partial charge in [0.05, 0.1) is 16.8 Å². The fourth-order valence-corrected chi connectivity index (χ4v) is 3.69. The molecule has 0 unspecified atom stereocenters. The predicted octanol–water partition coefficient (Wildman–Crippen LogP) is 2.87. The molecule has 1 aliphatic rings. The minimum atomic E-state index is 0.685. The molecule has 0 aliphatic carbocycles. The van der Waals surface area contributed by atoms with Crippen LogP contribution >= 0.6 is 11.3 Å². The lowest BCUT2D eigenvalue weighted by atomic mass is 9.98. The Morgan fingerprint density at radius 3 is 2.90 bits per heavy atom. The minimum Gasteiger partial charge on any atom is -0.494 e. The molecule has 1 aliphatic heterocycles. The summed E-state index contributed by atoms with van der Waals surface area (Å²) in [5.74, 6) is 1.61. The van der Waals surface area contributed by atoms with Crippen molar-refractivity contribution in [2.75, 3.05) is 31.1 Å². The molecule has 1 saturated heterocycles. The average molecular weight is 291 g/mol. The first-order chi connectivity index (χ1) is 9.80. The number of rotatable bonds is 4. The van der Waals surface area contributed by atoms with Crippen molar-refractivity contribution in [3.63, 3.8) is 0 Å². The van der Waals surface area contributed by atoms with Gasteiger partial charge in [0.15, 0.2) is 5.13 Å². The lowest BCUT2D eigenvalue weighted by molar-refractivity contribution is 0.341. The monoisotopic (exact) mass is 291 g/mol. The molecule has 0 spiro atoms. The fourth-order valence-electron chi connectivity index (χ4n) is 2.64. The molecular weight excluding hydrogens is 270 g/mol. The van der Waals surface area contributed by atoms with Crippen LogP contribution in [0, 0.1) is 5.92 Å². The third-order valence-electron chi connectivity index (χ3n) is 3.88. The molecule has 0 atom stereocenters. The third kappa shape index (κ3) is 2.74. The molecule has 1 aromatic heterocycles. The Balaban J connectivity index is 1.79. The van der Waals surface area contributed by atoms with E-state index in [4.69, 9.17) is 15.5 Å². The molecule has 1 fully saturated rings. The highest BCUT2D eigenvalue weighted by Gasteiger charge is 2.20. The number of nitrogens with two attached hydrogens (primary N) is 1. The SMILES string of the molecule is CCOc1ccc2nc(N3CCC(CN)CC3)sc2c1. The van der Waals surface area contributed by atoms with E-state index in [1.807, 2.05) is 19.1 Å². The van der Waals surface area contributed by atoms with Crippen LogP contribution in [0.3, 0.4) is 0 Å². The van der Waals surface area contributed by atoms with Gasteiger partial charge in [0.1, 0.15) is 5.75 Å². The van der Waals surface area contributed by atoms with E-state index in [0.29, 0.717) is 12.5 Å². The molecule has 2 heterocycles. The Labute approximate surface area is 123 Å². The van der Waals surface area contributed by atoms with Crippen molar-refractivity contribution in [3.8, 4) is 5.75 Å². The van der Waals surface area contributed by atoms with Gasteiger partial charge in [-0.3, -0.25) is 0 Å². The molecule has 20 heavy (non-hydrogen) atoms. The summed E-state index contributed by atoms with van der Waals surface area (Å²) in [6.07, 6.45) is 2.35. The van der Waals surface area contributed by atoms with E-state index in [1.165, 1.54) is 17.5 Å². The Morgan fingerprint density at radius 2 is 2.20 bits per heavy atom. The molecule has 2 N–H and O–H groups in total. The van der Waals surface area contributed by atoms with Crippen LogP contribution in [0.2, 0.25) is 0 Å². The molecule has 0 radical (unpaired) electrons. The maximum atomic E-state index is 5.75. The first kappa shape index (κ1) is 13.6. The largest absolute Gasteiger partial charge is 0.494 e. The lowest BCUT2D eigenvalue weighted by Crippen LogP contribution is -2.35. The van der Waals surface area contributed by atoms with Crippen LogP contribution in [0.4, 0.5) is 5.13 Å². The smallest absolute Gasteiger partial charge is 0.186 e. The first-order valence-corrected chi connectivity index (χ1v) is 8.10. The number of piperidine rings is 1. The number of fused-ring (bicyclic) bond motifs is 1. The molecule has 0 saturated carbocycles. The minimum absolute atomic E-state index is 0.685. The van der Waals surface area contributed by atoms with Crippen LogP contribution in [0.1, 0.15) is 19.8 Å². The Bertz CT molecular complexity index is 576. The second-order valence-electron chi connectivity index (χ2n) is 5.23. The second kappa shape index (κ2) is 5.97.